The smallest absolute Gasteiger partial charge is 0.157 e. The van der Waals surface area contributed by atoms with E-state index in [0.717, 1.165) is 16.6 Å². The fourth-order valence-corrected chi connectivity index (χ4v) is 2.58. The van der Waals surface area contributed by atoms with Gasteiger partial charge in [0.25, 0.3) is 0 Å². The Morgan fingerprint density at radius 2 is 2.22 bits per heavy atom. The van der Waals surface area contributed by atoms with E-state index in [1.807, 2.05) is 17.1 Å². The summed E-state index contributed by atoms with van der Waals surface area (Å²) >= 11 is 0. The zero-order valence-electron chi connectivity index (χ0n) is 13.7. The Balaban J connectivity index is 1.66. The van der Waals surface area contributed by atoms with Crippen LogP contribution >= 0.6 is 0 Å². The molecule has 6 nitrogen and oxygen atoms in total. The molecule has 0 aliphatic heterocycles. The minimum Gasteiger partial charge on any atom is -0.466 e. The van der Waals surface area contributed by atoms with Crippen molar-refractivity contribution in [2.24, 2.45) is 0 Å². The molecule has 6 heteroatoms. The molecule has 23 heavy (non-hydrogen) atoms. The molecule has 1 atom stereocenters. The summed E-state index contributed by atoms with van der Waals surface area (Å²) in [5.41, 5.74) is 0.909. The number of aliphatic hydroxyl groups is 1. The highest BCUT2D eigenvalue weighted by Crippen LogP contribution is 2.20. The predicted octanol–water partition coefficient (Wildman–Crippen LogP) is 2.60. The molecule has 0 aliphatic rings. The quantitative estimate of drug-likeness (QED) is 0.731. The number of nitrogens with zero attached hydrogens (tertiary/aromatic N) is 3. The van der Waals surface area contributed by atoms with Crippen LogP contribution in [-0.4, -0.2) is 26.4 Å². The highest BCUT2D eigenvalue weighted by molar-refractivity contribution is 5.75. The molecule has 0 amide bonds. The molecule has 2 N–H and O–H groups in total. The number of fused-ring (bicyclic) bond motifs is 1. The van der Waals surface area contributed by atoms with Gasteiger partial charge in [-0.15, -0.1) is 0 Å². The zero-order chi connectivity index (χ0) is 16.4. The third kappa shape index (κ3) is 3.28. The number of furan rings is 1. The lowest BCUT2D eigenvalue weighted by molar-refractivity contribution is 0.0340. The van der Waals surface area contributed by atoms with E-state index in [-0.39, 0.29) is 6.04 Å². The van der Waals surface area contributed by atoms with Gasteiger partial charge in [-0.05, 0) is 44.5 Å². The second-order valence-electron chi connectivity index (χ2n) is 6.29. The monoisotopic (exact) mass is 314 g/mol. The van der Waals surface area contributed by atoms with E-state index in [9.17, 15) is 5.11 Å². The van der Waals surface area contributed by atoms with E-state index >= 15 is 0 Å². The van der Waals surface area contributed by atoms with E-state index in [4.69, 9.17) is 4.42 Å². The van der Waals surface area contributed by atoms with Crippen molar-refractivity contribution in [3.63, 3.8) is 0 Å². The van der Waals surface area contributed by atoms with Crippen LogP contribution in [0.3, 0.4) is 0 Å². The molecular weight excluding hydrogens is 292 g/mol. The molecule has 0 aromatic carbocycles. The van der Waals surface area contributed by atoms with Gasteiger partial charge in [0.1, 0.15) is 11.4 Å². The van der Waals surface area contributed by atoms with E-state index in [1.54, 1.807) is 25.3 Å². The van der Waals surface area contributed by atoms with Gasteiger partial charge in [0.15, 0.2) is 5.65 Å². The van der Waals surface area contributed by atoms with Crippen molar-refractivity contribution in [3.8, 4) is 0 Å². The average Bonchev–Trinajstić information content (AvgIpc) is 3.16. The first kappa shape index (κ1) is 15.7. The molecule has 1 unspecified atom stereocenters. The Labute approximate surface area is 135 Å². The third-order valence-electron chi connectivity index (χ3n) is 3.83. The number of aromatic nitrogens is 3. The predicted molar refractivity (Wildman–Crippen MR) is 87.9 cm³/mol. The second kappa shape index (κ2) is 6.14. The van der Waals surface area contributed by atoms with Crippen LogP contribution in [0.4, 0.5) is 0 Å². The third-order valence-corrected chi connectivity index (χ3v) is 3.83. The Hall–Kier alpha value is -2.18. The van der Waals surface area contributed by atoms with Crippen LogP contribution in [0, 0.1) is 0 Å². The van der Waals surface area contributed by atoms with Crippen LogP contribution in [-0.2, 0) is 12.1 Å². The van der Waals surface area contributed by atoms with Gasteiger partial charge in [-0.25, -0.2) is 9.67 Å². The molecule has 0 aliphatic carbocycles. The molecule has 122 valence electrons. The SMILES string of the molecule is CC(C)n1ncc2cc(CNCC(C)(O)c3ccco3)cnc21. The minimum absolute atomic E-state index is 0.285. The lowest BCUT2D eigenvalue weighted by Gasteiger charge is -2.21. The van der Waals surface area contributed by atoms with Crippen molar-refractivity contribution in [2.75, 3.05) is 6.54 Å². The summed E-state index contributed by atoms with van der Waals surface area (Å²) in [7, 11) is 0. The normalized spacial score (nSPS) is 14.5. The number of nitrogens with one attached hydrogen (secondary N) is 1. The Bertz CT molecular complexity index is 775. The van der Waals surface area contributed by atoms with Gasteiger partial charge < -0.3 is 14.8 Å². The van der Waals surface area contributed by atoms with Gasteiger partial charge in [-0.1, -0.05) is 0 Å². The van der Waals surface area contributed by atoms with Crippen molar-refractivity contribution in [2.45, 2.75) is 39.0 Å². The lowest BCUT2D eigenvalue weighted by atomic mass is 10.0. The topological polar surface area (TPSA) is 76.1 Å². The highest BCUT2D eigenvalue weighted by atomic mass is 16.4. The molecular formula is C17H22N4O2. The Kier molecular flexibility index (Phi) is 4.19. The fourth-order valence-electron chi connectivity index (χ4n) is 2.58. The summed E-state index contributed by atoms with van der Waals surface area (Å²) in [6.07, 6.45) is 5.25. The molecule has 0 fully saturated rings. The zero-order valence-corrected chi connectivity index (χ0v) is 13.7. The standard InChI is InChI=1S/C17H22N4O2/c1-12(2)21-16-14(10-20-21)7-13(9-19-16)8-18-11-17(3,22)15-5-4-6-23-15/h4-7,9-10,12,18,22H,8,11H2,1-3H3. The van der Waals surface area contributed by atoms with E-state index in [2.05, 4.69) is 35.3 Å². The van der Waals surface area contributed by atoms with E-state index in [1.165, 1.54) is 0 Å². The molecule has 3 aromatic heterocycles. The largest absolute Gasteiger partial charge is 0.466 e. The van der Waals surface area contributed by atoms with Crippen LogP contribution in [0.25, 0.3) is 11.0 Å². The highest BCUT2D eigenvalue weighted by Gasteiger charge is 2.25. The van der Waals surface area contributed by atoms with E-state index in [0.29, 0.717) is 18.8 Å². The first-order valence-electron chi connectivity index (χ1n) is 7.76. The molecule has 0 saturated carbocycles. The van der Waals surface area contributed by atoms with Crippen LogP contribution in [0.5, 0.6) is 0 Å². The maximum absolute atomic E-state index is 10.4. The first-order chi connectivity index (χ1) is 11.0. The summed E-state index contributed by atoms with van der Waals surface area (Å²) in [5, 5.41) is 19.0. The van der Waals surface area contributed by atoms with Crippen molar-refractivity contribution < 1.29 is 9.52 Å². The number of pyridine rings is 1. The van der Waals surface area contributed by atoms with Gasteiger partial charge in [0.05, 0.1) is 12.5 Å². The van der Waals surface area contributed by atoms with Gasteiger partial charge in [0, 0.05) is 30.7 Å². The van der Waals surface area contributed by atoms with Gasteiger partial charge in [-0.3, -0.25) is 0 Å². The fraction of sp³-hybridized carbons (Fsp3) is 0.412. The van der Waals surface area contributed by atoms with Gasteiger partial charge in [0.2, 0.25) is 0 Å². The molecule has 3 rings (SSSR count). The summed E-state index contributed by atoms with van der Waals surface area (Å²) < 4.78 is 7.18. The summed E-state index contributed by atoms with van der Waals surface area (Å²) in [6, 6.07) is 5.90. The molecule has 0 radical (unpaired) electrons. The first-order valence-corrected chi connectivity index (χ1v) is 7.76. The second-order valence-corrected chi connectivity index (χ2v) is 6.29. The molecule has 3 aromatic rings. The van der Waals surface area contributed by atoms with Crippen LogP contribution < -0.4 is 5.32 Å². The molecule has 0 saturated heterocycles. The van der Waals surface area contributed by atoms with Crippen molar-refractivity contribution >= 4 is 11.0 Å². The maximum atomic E-state index is 10.4. The summed E-state index contributed by atoms with van der Waals surface area (Å²) in [6.45, 7) is 6.91. The number of hydrogen-bond acceptors (Lipinski definition) is 5. The summed E-state index contributed by atoms with van der Waals surface area (Å²) in [5.74, 6) is 0.553. The van der Waals surface area contributed by atoms with Crippen molar-refractivity contribution in [1.29, 1.82) is 0 Å². The summed E-state index contributed by atoms with van der Waals surface area (Å²) in [4.78, 5) is 4.51. The lowest BCUT2D eigenvalue weighted by Crippen LogP contribution is -2.34. The van der Waals surface area contributed by atoms with Gasteiger partial charge >= 0.3 is 0 Å². The van der Waals surface area contributed by atoms with Crippen LogP contribution in [0.1, 0.15) is 38.1 Å². The molecule has 0 bridgehead atoms. The van der Waals surface area contributed by atoms with Crippen LogP contribution in [0.15, 0.2) is 41.3 Å². The molecule has 3 heterocycles. The number of rotatable bonds is 6. The number of hydrogen-bond donors (Lipinski definition) is 2. The Morgan fingerprint density at radius 1 is 1.39 bits per heavy atom. The average molecular weight is 314 g/mol. The van der Waals surface area contributed by atoms with Crippen molar-refractivity contribution in [3.05, 3.63) is 48.2 Å². The molecule has 0 spiro atoms. The Morgan fingerprint density at radius 3 is 2.91 bits per heavy atom. The van der Waals surface area contributed by atoms with Crippen molar-refractivity contribution in [1.82, 2.24) is 20.1 Å². The maximum Gasteiger partial charge on any atom is 0.157 e. The van der Waals surface area contributed by atoms with E-state index < -0.39 is 5.60 Å². The minimum atomic E-state index is -1.04. The van der Waals surface area contributed by atoms with Gasteiger partial charge in [-0.2, -0.15) is 5.10 Å². The van der Waals surface area contributed by atoms with Crippen LogP contribution in [0.2, 0.25) is 0 Å².